The molecule has 1 N–H and O–H groups in total. The van der Waals surface area contributed by atoms with Crippen molar-refractivity contribution in [2.45, 2.75) is 39.7 Å². The molecule has 80 valence electrons. The van der Waals surface area contributed by atoms with Gasteiger partial charge in [0.2, 0.25) is 0 Å². The average Bonchev–Trinajstić information content (AvgIpc) is 2.01. The molecule has 0 fully saturated rings. The number of aliphatic hydroxyl groups excluding tert-OH is 1. The summed E-state index contributed by atoms with van der Waals surface area (Å²) in [4.78, 5) is 10.8. The summed E-state index contributed by atoms with van der Waals surface area (Å²) in [5.41, 5.74) is 0.718. The quantitative estimate of drug-likeness (QED) is 0.718. The summed E-state index contributed by atoms with van der Waals surface area (Å²) in [5.74, 6) is -0.0277. The van der Waals surface area contributed by atoms with Crippen LogP contribution in [0, 0.1) is 0 Å². The molecule has 0 aromatic carbocycles. The lowest BCUT2D eigenvalue weighted by molar-refractivity contribution is -0.118. The van der Waals surface area contributed by atoms with Gasteiger partial charge in [0.1, 0.15) is 5.78 Å². The highest BCUT2D eigenvalue weighted by atomic mass is 35.5. The second kappa shape index (κ2) is 6.80. The molecule has 0 aromatic heterocycles. The predicted octanol–water partition coefficient (Wildman–Crippen LogP) is 2.81. The second-order valence-corrected chi connectivity index (χ2v) is 3.86. The largest absolute Gasteiger partial charge is 0.388 e. The summed E-state index contributed by atoms with van der Waals surface area (Å²) in [5, 5.41) is 10.3. The monoisotopic (exact) mass is 216 g/mol. The van der Waals surface area contributed by atoms with E-state index < -0.39 is 6.10 Å². The lowest BCUT2D eigenvalue weighted by atomic mass is 10.0. The van der Waals surface area contributed by atoms with Crippen LogP contribution in [-0.4, -0.2) is 17.0 Å². The number of allylic oxidation sites excluding steroid dienone is 2. The van der Waals surface area contributed by atoms with E-state index in [1.165, 1.54) is 6.92 Å². The van der Waals surface area contributed by atoms with Crippen molar-refractivity contribution in [2.75, 3.05) is 0 Å². The van der Waals surface area contributed by atoms with E-state index in [0.29, 0.717) is 5.03 Å². The first-order valence-corrected chi connectivity index (χ1v) is 5.06. The molecule has 0 saturated carbocycles. The molecule has 14 heavy (non-hydrogen) atoms. The first kappa shape index (κ1) is 13.4. The minimum absolute atomic E-state index is 0.0277. The molecular weight excluding hydrogens is 200 g/mol. The van der Waals surface area contributed by atoms with Crippen molar-refractivity contribution >= 4 is 17.4 Å². The van der Waals surface area contributed by atoms with Crippen LogP contribution in [0.4, 0.5) is 0 Å². The molecule has 3 heteroatoms. The molecule has 0 saturated heterocycles. The van der Waals surface area contributed by atoms with Crippen molar-refractivity contribution in [3.05, 3.63) is 22.8 Å². The lowest BCUT2D eigenvalue weighted by Gasteiger charge is -2.10. The van der Waals surface area contributed by atoms with Crippen LogP contribution in [0.15, 0.2) is 22.8 Å². The smallest absolute Gasteiger partial charge is 0.132 e. The Labute approximate surface area is 90.3 Å². The highest BCUT2D eigenvalue weighted by Gasteiger charge is 2.10. The minimum Gasteiger partial charge on any atom is -0.388 e. The third kappa shape index (κ3) is 5.95. The van der Waals surface area contributed by atoms with Crippen LogP contribution in [0.2, 0.25) is 0 Å². The Morgan fingerprint density at radius 2 is 2.07 bits per heavy atom. The number of Topliss-reactive ketones (excluding diaryl/α,β-unsaturated/α-hetero) is 1. The predicted molar refractivity (Wildman–Crippen MR) is 59.3 cm³/mol. The van der Waals surface area contributed by atoms with E-state index in [-0.39, 0.29) is 12.2 Å². The molecule has 0 bridgehead atoms. The molecule has 0 spiro atoms. The number of carbonyl (C=O) groups is 1. The second-order valence-electron chi connectivity index (χ2n) is 3.27. The summed E-state index contributed by atoms with van der Waals surface area (Å²) in [6, 6.07) is 0. The van der Waals surface area contributed by atoms with Crippen molar-refractivity contribution in [1.29, 1.82) is 0 Å². The highest BCUT2D eigenvalue weighted by molar-refractivity contribution is 6.29. The molecule has 1 unspecified atom stereocenters. The Hall–Kier alpha value is -0.600. The fraction of sp³-hybridized carbons (Fsp3) is 0.545. The van der Waals surface area contributed by atoms with E-state index in [9.17, 15) is 9.90 Å². The van der Waals surface area contributed by atoms with Crippen molar-refractivity contribution < 1.29 is 9.90 Å². The zero-order chi connectivity index (χ0) is 11.1. The van der Waals surface area contributed by atoms with Crippen molar-refractivity contribution in [3.8, 4) is 0 Å². The number of carbonyl (C=O) groups excluding carboxylic acids is 1. The number of hydrogen-bond donors (Lipinski definition) is 1. The molecule has 0 heterocycles. The number of ketones is 1. The molecule has 1 atom stereocenters. The van der Waals surface area contributed by atoms with Gasteiger partial charge < -0.3 is 5.11 Å². The number of aliphatic hydroxyl groups is 1. The maximum absolute atomic E-state index is 10.8. The third-order valence-electron chi connectivity index (χ3n) is 1.67. The number of rotatable bonds is 5. The third-order valence-corrected chi connectivity index (χ3v) is 1.78. The van der Waals surface area contributed by atoms with Crippen molar-refractivity contribution in [1.82, 2.24) is 0 Å². The van der Waals surface area contributed by atoms with Gasteiger partial charge in [-0.2, -0.15) is 0 Å². The van der Waals surface area contributed by atoms with E-state index in [1.54, 1.807) is 13.0 Å². The van der Waals surface area contributed by atoms with Gasteiger partial charge in [0.05, 0.1) is 6.10 Å². The van der Waals surface area contributed by atoms with Crippen molar-refractivity contribution in [2.24, 2.45) is 0 Å². The Morgan fingerprint density at radius 3 is 2.43 bits per heavy atom. The van der Waals surface area contributed by atoms with Gasteiger partial charge in [-0.1, -0.05) is 24.6 Å². The summed E-state index contributed by atoms with van der Waals surface area (Å²) >= 11 is 5.71. The van der Waals surface area contributed by atoms with Gasteiger partial charge in [-0.25, -0.2) is 0 Å². The number of halogens is 1. The van der Waals surface area contributed by atoms with Gasteiger partial charge in [0.25, 0.3) is 0 Å². The maximum Gasteiger partial charge on any atom is 0.132 e. The van der Waals surface area contributed by atoms with Gasteiger partial charge >= 0.3 is 0 Å². The van der Waals surface area contributed by atoms with Crippen LogP contribution in [-0.2, 0) is 4.79 Å². The van der Waals surface area contributed by atoms with Crippen LogP contribution in [0.5, 0.6) is 0 Å². The Bertz CT molecular complexity index is 250. The zero-order valence-corrected chi connectivity index (χ0v) is 9.64. The van der Waals surface area contributed by atoms with Gasteiger partial charge in [0.15, 0.2) is 0 Å². The van der Waals surface area contributed by atoms with E-state index in [2.05, 4.69) is 0 Å². The van der Waals surface area contributed by atoms with Crippen LogP contribution in [0.3, 0.4) is 0 Å². The minimum atomic E-state index is -0.735. The molecule has 0 amide bonds. The van der Waals surface area contributed by atoms with Crippen LogP contribution in [0.25, 0.3) is 0 Å². The fourth-order valence-electron chi connectivity index (χ4n) is 1.15. The standard InChI is InChI=1S/C11H17ClO2/c1-4-5-10(6-8(2)12)11(14)7-9(3)13/h5-6,11,14H,4,7H2,1-3H3/b8-6+,10-5+. The molecule has 0 rings (SSSR count). The first-order valence-electron chi connectivity index (χ1n) is 4.68. The fourth-order valence-corrected chi connectivity index (χ4v) is 1.27. The maximum atomic E-state index is 10.8. The Balaban J connectivity index is 4.58. The van der Waals surface area contributed by atoms with E-state index >= 15 is 0 Å². The Morgan fingerprint density at radius 1 is 1.50 bits per heavy atom. The molecule has 0 radical (unpaired) electrons. The molecular formula is C11H17ClO2. The summed E-state index contributed by atoms with van der Waals surface area (Å²) in [6.07, 6.45) is 3.79. The van der Waals surface area contributed by atoms with Crippen LogP contribution >= 0.6 is 11.6 Å². The zero-order valence-electron chi connectivity index (χ0n) is 8.88. The molecule has 0 aliphatic heterocycles. The molecule has 2 nitrogen and oxygen atoms in total. The summed E-state index contributed by atoms with van der Waals surface area (Å²) in [6.45, 7) is 5.17. The first-order chi connectivity index (χ1) is 6.47. The van der Waals surface area contributed by atoms with E-state index in [4.69, 9.17) is 11.6 Å². The Kier molecular flexibility index (Phi) is 6.50. The SMILES string of the molecule is CC/C=C(\C=C(/C)Cl)C(O)CC(C)=O. The average molecular weight is 217 g/mol. The van der Waals surface area contributed by atoms with Gasteiger partial charge in [0, 0.05) is 11.5 Å². The van der Waals surface area contributed by atoms with E-state index in [1.807, 2.05) is 13.0 Å². The van der Waals surface area contributed by atoms with Gasteiger partial charge in [-0.15, -0.1) is 0 Å². The highest BCUT2D eigenvalue weighted by Crippen LogP contribution is 2.14. The summed E-state index contributed by atoms with van der Waals surface area (Å²) in [7, 11) is 0. The van der Waals surface area contributed by atoms with E-state index in [0.717, 1.165) is 12.0 Å². The van der Waals surface area contributed by atoms with Crippen LogP contribution in [0.1, 0.15) is 33.6 Å². The molecule has 0 aliphatic rings. The molecule has 0 aromatic rings. The van der Waals surface area contributed by atoms with Gasteiger partial charge in [-0.3, -0.25) is 4.79 Å². The number of hydrogen-bond acceptors (Lipinski definition) is 2. The lowest BCUT2D eigenvalue weighted by Crippen LogP contribution is -2.13. The summed E-state index contributed by atoms with van der Waals surface area (Å²) < 4.78 is 0. The van der Waals surface area contributed by atoms with Gasteiger partial charge in [-0.05, 0) is 31.9 Å². The normalized spacial score (nSPS) is 15.5. The van der Waals surface area contributed by atoms with Crippen molar-refractivity contribution in [3.63, 3.8) is 0 Å². The van der Waals surface area contributed by atoms with Crippen LogP contribution < -0.4 is 0 Å². The molecule has 0 aliphatic carbocycles. The topological polar surface area (TPSA) is 37.3 Å².